The number of rotatable bonds is 4. The average Bonchev–Trinajstić information content (AvgIpc) is 2.66. The molecule has 0 radical (unpaired) electrons. The van der Waals surface area contributed by atoms with Crippen LogP contribution in [0, 0.1) is 11.3 Å². The fraction of sp³-hybridized carbons (Fsp3) is 0.105. The molecule has 0 bridgehead atoms. The second-order valence-corrected chi connectivity index (χ2v) is 6.33. The molecule has 0 N–H and O–H groups in total. The molecule has 0 saturated carbocycles. The lowest BCUT2D eigenvalue weighted by Gasteiger charge is -2.09. The number of aromatic nitrogens is 2. The number of halogens is 3. The summed E-state index contributed by atoms with van der Waals surface area (Å²) in [5.74, 6) is 0.275. The fourth-order valence-corrected chi connectivity index (χ4v) is 3.20. The largest absolute Gasteiger partial charge is 0.416 e. The molecule has 0 fully saturated rings. The molecule has 0 aliphatic rings. The van der Waals surface area contributed by atoms with Crippen LogP contribution in [0.25, 0.3) is 11.4 Å². The van der Waals surface area contributed by atoms with Gasteiger partial charge in [-0.15, -0.1) is 11.8 Å². The van der Waals surface area contributed by atoms with Crippen LogP contribution < -0.4 is 0 Å². The first-order chi connectivity index (χ1) is 12.5. The van der Waals surface area contributed by atoms with Crippen molar-refractivity contribution in [3.63, 3.8) is 0 Å². The number of pyridine rings is 2. The van der Waals surface area contributed by atoms with Crippen molar-refractivity contribution in [3.05, 3.63) is 77.5 Å². The number of thioether (sulfide) groups is 1. The molecule has 0 aliphatic carbocycles. The Bertz CT molecular complexity index is 950. The van der Waals surface area contributed by atoms with E-state index in [9.17, 15) is 18.4 Å². The van der Waals surface area contributed by atoms with Crippen LogP contribution in [0.1, 0.15) is 16.7 Å². The summed E-state index contributed by atoms with van der Waals surface area (Å²) in [4.78, 5) is 8.68. The van der Waals surface area contributed by atoms with Crippen LogP contribution in [0.4, 0.5) is 13.2 Å². The van der Waals surface area contributed by atoms with Gasteiger partial charge in [-0.1, -0.05) is 24.3 Å². The Balaban J connectivity index is 1.85. The topological polar surface area (TPSA) is 49.6 Å². The van der Waals surface area contributed by atoms with Crippen molar-refractivity contribution in [2.45, 2.75) is 17.0 Å². The summed E-state index contributed by atoms with van der Waals surface area (Å²) >= 11 is 1.22. The Morgan fingerprint density at radius 2 is 1.85 bits per heavy atom. The highest BCUT2D eigenvalue weighted by molar-refractivity contribution is 7.98. The van der Waals surface area contributed by atoms with Gasteiger partial charge in [-0.3, -0.25) is 4.98 Å². The summed E-state index contributed by atoms with van der Waals surface area (Å²) in [6.07, 6.45) is -2.74. The Morgan fingerprint density at radius 1 is 1.00 bits per heavy atom. The van der Waals surface area contributed by atoms with Gasteiger partial charge in [0, 0.05) is 11.9 Å². The number of benzene rings is 1. The van der Waals surface area contributed by atoms with E-state index in [1.54, 1.807) is 36.5 Å². The van der Waals surface area contributed by atoms with E-state index < -0.39 is 11.7 Å². The van der Waals surface area contributed by atoms with Gasteiger partial charge in [0.25, 0.3) is 0 Å². The number of hydrogen-bond acceptors (Lipinski definition) is 4. The first kappa shape index (κ1) is 18.0. The first-order valence-corrected chi connectivity index (χ1v) is 8.57. The average molecular weight is 371 g/mol. The molecule has 0 spiro atoms. The van der Waals surface area contributed by atoms with Crippen molar-refractivity contribution in [1.82, 2.24) is 9.97 Å². The smallest absolute Gasteiger partial charge is 0.255 e. The molecule has 130 valence electrons. The molecular formula is C19H12F3N3S. The lowest BCUT2D eigenvalue weighted by molar-refractivity contribution is -0.137. The molecule has 3 aromatic rings. The molecular weight excluding hydrogens is 359 g/mol. The molecule has 3 nitrogen and oxygen atoms in total. The molecule has 26 heavy (non-hydrogen) atoms. The van der Waals surface area contributed by atoms with E-state index in [0.717, 1.165) is 12.1 Å². The second kappa shape index (κ2) is 7.58. The fourth-order valence-electron chi connectivity index (χ4n) is 2.28. The van der Waals surface area contributed by atoms with Gasteiger partial charge < -0.3 is 0 Å². The zero-order valence-electron chi connectivity index (χ0n) is 13.4. The highest BCUT2D eigenvalue weighted by Crippen LogP contribution is 2.32. The molecule has 2 heterocycles. The van der Waals surface area contributed by atoms with E-state index in [4.69, 9.17) is 0 Å². The standard InChI is InChI=1S/C19H12F3N3S/c20-19(21,22)15-5-3-4-13(10-15)12-26-18-14(11-23)7-8-17(25-18)16-6-1-2-9-24-16/h1-10H,12H2. The third kappa shape index (κ3) is 4.21. The van der Waals surface area contributed by atoms with Gasteiger partial charge in [0.15, 0.2) is 0 Å². The zero-order valence-corrected chi connectivity index (χ0v) is 14.2. The van der Waals surface area contributed by atoms with E-state index in [0.29, 0.717) is 27.5 Å². The lowest BCUT2D eigenvalue weighted by Crippen LogP contribution is -2.05. The Hall–Kier alpha value is -2.85. The van der Waals surface area contributed by atoms with Gasteiger partial charge in [-0.05, 0) is 35.9 Å². The lowest BCUT2D eigenvalue weighted by atomic mass is 10.1. The van der Waals surface area contributed by atoms with E-state index in [-0.39, 0.29) is 5.75 Å². The first-order valence-electron chi connectivity index (χ1n) is 7.59. The van der Waals surface area contributed by atoms with Gasteiger partial charge in [0.05, 0.1) is 22.5 Å². The number of nitrogens with zero attached hydrogens (tertiary/aromatic N) is 3. The monoisotopic (exact) mass is 371 g/mol. The van der Waals surface area contributed by atoms with Crippen molar-refractivity contribution in [2.75, 3.05) is 0 Å². The summed E-state index contributed by atoms with van der Waals surface area (Å²) in [5.41, 5.74) is 1.47. The van der Waals surface area contributed by atoms with Crippen LogP contribution in [0.2, 0.25) is 0 Å². The summed E-state index contributed by atoms with van der Waals surface area (Å²) in [5, 5.41) is 9.73. The number of hydrogen-bond donors (Lipinski definition) is 0. The predicted molar refractivity (Wildman–Crippen MR) is 93.2 cm³/mol. The number of alkyl halides is 3. The summed E-state index contributed by atoms with van der Waals surface area (Å²) in [6.45, 7) is 0. The van der Waals surface area contributed by atoms with Crippen LogP contribution >= 0.6 is 11.8 Å². The van der Waals surface area contributed by atoms with Gasteiger partial charge >= 0.3 is 6.18 Å². The van der Waals surface area contributed by atoms with Crippen molar-refractivity contribution in [2.24, 2.45) is 0 Å². The molecule has 0 amide bonds. The summed E-state index contributed by atoms with van der Waals surface area (Å²) < 4.78 is 38.5. The molecule has 0 unspecified atom stereocenters. The summed E-state index contributed by atoms with van der Waals surface area (Å²) in [7, 11) is 0. The van der Waals surface area contributed by atoms with Crippen LogP contribution in [0.3, 0.4) is 0 Å². The maximum Gasteiger partial charge on any atom is 0.416 e. The highest BCUT2D eigenvalue weighted by Gasteiger charge is 2.30. The molecule has 2 aromatic heterocycles. The van der Waals surface area contributed by atoms with Crippen molar-refractivity contribution in [3.8, 4) is 17.5 Å². The minimum absolute atomic E-state index is 0.275. The normalized spacial score (nSPS) is 11.2. The molecule has 1 aromatic carbocycles. The van der Waals surface area contributed by atoms with E-state index in [1.807, 2.05) is 6.07 Å². The summed E-state index contributed by atoms with van der Waals surface area (Å²) in [6, 6.07) is 16.0. The number of nitriles is 1. The highest BCUT2D eigenvalue weighted by atomic mass is 32.2. The maximum absolute atomic E-state index is 12.8. The Labute approximate surface area is 152 Å². The zero-order chi connectivity index (χ0) is 18.6. The maximum atomic E-state index is 12.8. The Morgan fingerprint density at radius 3 is 2.54 bits per heavy atom. The van der Waals surface area contributed by atoms with Crippen LogP contribution in [0.5, 0.6) is 0 Å². The van der Waals surface area contributed by atoms with Crippen molar-refractivity contribution in [1.29, 1.82) is 5.26 Å². The van der Waals surface area contributed by atoms with E-state index in [1.165, 1.54) is 17.8 Å². The molecule has 3 rings (SSSR count). The third-order valence-corrected chi connectivity index (χ3v) is 4.60. The van der Waals surface area contributed by atoms with Crippen molar-refractivity contribution >= 4 is 11.8 Å². The van der Waals surface area contributed by atoms with Crippen molar-refractivity contribution < 1.29 is 13.2 Å². The van der Waals surface area contributed by atoms with E-state index >= 15 is 0 Å². The molecule has 7 heteroatoms. The van der Waals surface area contributed by atoms with E-state index in [2.05, 4.69) is 16.0 Å². The predicted octanol–water partition coefficient (Wildman–Crippen LogP) is 5.33. The molecule has 0 atom stereocenters. The minimum atomic E-state index is -4.38. The third-order valence-electron chi connectivity index (χ3n) is 3.54. The van der Waals surface area contributed by atoms with Gasteiger partial charge in [-0.2, -0.15) is 18.4 Å². The van der Waals surface area contributed by atoms with Crippen LogP contribution in [-0.2, 0) is 11.9 Å². The SMILES string of the molecule is N#Cc1ccc(-c2ccccn2)nc1SCc1cccc(C(F)(F)F)c1. The van der Waals surface area contributed by atoms with Gasteiger partial charge in [0.1, 0.15) is 11.1 Å². The molecule has 0 saturated heterocycles. The second-order valence-electron chi connectivity index (χ2n) is 5.36. The van der Waals surface area contributed by atoms with Crippen LogP contribution in [0.15, 0.2) is 65.8 Å². The quantitative estimate of drug-likeness (QED) is 0.582. The molecule has 0 aliphatic heterocycles. The Kier molecular flexibility index (Phi) is 5.24. The van der Waals surface area contributed by atoms with Gasteiger partial charge in [0.2, 0.25) is 0 Å². The minimum Gasteiger partial charge on any atom is -0.255 e. The van der Waals surface area contributed by atoms with Crippen LogP contribution in [-0.4, -0.2) is 9.97 Å². The van der Waals surface area contributed by atoms with Gasteiger partial charge in [-0.25, -0.2) is 4.98 Å².